The first-order valence-corrected chi connectivity index (χ1v) is 2.41. The highest BCUT2D eigenvalue weighted by atomic mass is 16.1. The maximum atomic E-state index is 9.92. The van der Waals surface area contributed by atoms with Crippen LogP contribution in [0.1, 0.15) is 5.82 Å². The van der Waals surface area contributed by atoms with Gasteiger partial charge in [0.1, 0.15) is 5.82 Å². The fraction of sp³-hybridized carbons (Fsp3) is 0. The van der Waals surface area contributed by atoms with E-state index < -0.39 is 0 Å². The van der Waals surface area contributed by atoms with Gasteiger partial charge in [-0.2, -0.15) is 0 Å². The van der Waals surface area contributed by atoms with Crippen molar-refractivity contribution in [2.45, 2.75) is 0 Å². The van der Waals surface area contributed by atoms with E-state index in [9.17, 15) is 4.79 Å². The van der Waals surface area contributed by atoms with Crippen molar-refractivity contribution in [2.75, 3.05) is 0 Å². The summed E-state index contributed by atoms with van der Waals surface area (Å²) in [6, 6.07) is 0. The Morgan fingerprint density at radius 1 is 1.89 bits per heavy atom. The van der Waals surface area contributed by atoms with E-state index in [2.05, 4.69) is 16.5 Å². The lowest BCUT2D eigenvalue weighted by atomic mass is 10.3. The summed E-state index contributed by atoms with van der Waals surface area (Å²) >= 11 is 0. The predicted molar refractivity (Wildman–Crippen MR) is 33.3 cm³/mol. The van der Waals surface area contributed by atoms with Gasteiger partial charge in [-0.05, 0) is 0 Å². The molecule has 45 valence electrons. The summed E-state index contributed by atoms with van der Waals surface area (Å²) in [5.41, 5.74) is 0.250. The van der Waals surface area contributed by atoms with Crippen molar-refractivity contribution in [3.05, 3.63) is 24.8 Å². The Kier molecular flexibility index (Phi) is 1.44. The van der Waals surface area contributed by atoms with Crippen LogP contribution in [0.3, 0.4) is 0 Å². The fourth-order valence-corrected chi connectivity index (χ4v) is 0.479. The molecule has 0 saturated heterocycles. The molecule has 0 aliphatic rings. The molecular formula is C6H5N2O. The average molecular weight is 121 g/mol. The first-order chi connectivity index (χ1) is 4.34. The Bertz CT molecular complexity index is 213. The molecule has 1 aromatic heterocycles. The second-order valence-electron chi connectivity index (χ2n) is 1.52. The molecule has 0 amide bonds. The number of hydrogen-bond acceptors (Lipinski definition) is 2. The van der Waals surface area contributed by atoms with Gasteiger partial charge in [0.25, 0.3) is 0 Å². The molecule has 3 heteroatoms. The van der Waals surface area contributed by atoms with Crippen molar-refractivity contribution in [2.24, 2.45) is 0 Å². The van der Waals surface area contributed by atoms with Crippen molar-refractivity contribution in [1.29, 1.82) is 0 Å². The van der Waals surface area contributed by atoms with Crippen LogP contribution in [0.5, 0.6) is 0 Å². The molecular weight excluding hydrogens is 116 g/mol. The van der Waals surface area contributed by atoms with Crippen molar-refractivity contribution in [3.8, 4) is 0 Å². The zero-order chi connectivity index (χ0) is 6.69. The number of carbonyl (C=O) groups excluding carboxylic acids is 1. The van der Waals surface area contributed by atoms with Crippen LogP contribution in [-0.4, -0.2) is 16.3 Å². The Morgan fingerprint density at radius 3 is 3.11 bits per heavy atom. The van der Waals surface area contributed by atoms with Crippen LogP contribution in [-0.2, 0) is 4.79 Å². The van der Waals surface area contributed by atoms with Crippen molar-refractivity contribution in [1.82, 2.24) is 9.97 Å². The third-order valence-electron chi connectivity index (χ3n) is 0.907. The van der Waals surface area contributed by atoms with Crippen LogP contribution in [0.25, 0.3) is 5.57 Å². The molecule has 0 spiro atoms. The number of aromatic amines is 1. The van der Waals surface area contributed by atoms with Gasteiger partial charge in [-0.25, -0.2) is 4.98 Å². The zero-order valence-corrected chi connectivity index (χ0v) is 4.72. The number of allylic oxidation sites excluding steroid dienone is 1. The highest BCUT2D eigenvalue weighted by Gasteiger charge is 1.96. The van der Waals surface area contributed by atoms with E-state index in [1.54, 1.807) is 18.7 Å². The van der Waals surface area contributed by atoms with Crippen LogP contribution in [0.4, 0.5) is 0 Å². The van der Waals surface area contributed by atoms with Gasteiger partial charge in [-0.15, -0.1) is 0 Å². The third kappa shape index (κ3) is 1.05. The summed E-state index contributed by atoms with van der Waals surface area (Å²) in [5.74, 6) is 0.477. The largest absolute Gasteiger partial charge is 0.345 e. The van der Waals surface area contributed by atoms with Crippen LogP contribution in [0.2, 0.25) is 0 Å². The molecule has 0 bridgehead atoms. The summed E-state index contributed by atoms with van der Waals surface area (Å²) in [7, 11) is 0. The van der Waals surface area contributed by atoms with Crippen LogP contribution < -0.4 is 0 Å². The Balaban J connectivity index is 2.89. The zero-order valence-electron chi connectivity index (χ0n) is 4.72. The molecule has 0 aliphatic carbocycles. The Hall–Kier alpha value is -1.38. The van der Waals surface area contributed by atoms with Gasteiger partial charge in [0, 0.05) is 12.4 Å². The fourth-order valence-electron chi connectivity index (χ4n) is 0.479. The molecule has 0 aromatic carbocycles. The van der Waals surface area contributed by atoms with Gasteiger partial charge in [0.15, 0.2) is 0 Å². The van der Waals surface area contributed by atoms with E-state index in [-0.39, 0.29) is 5.57 Å². The number of imidazole rings is 1. The molecule has 1 radical (unpaired) electrons. The van der Waals surface area contributed by atoms with Gasteiger partial charge >= 0.3 is 0 Å². The van der Waals surface area contributed by atoms with E-state index in [0.29, 0.717) is 5.82 Å². The van der Waals surface area contributed by atoms with Gasteiger partial charge in [-0.3, -0.25) is 4.79 Å². The summed E-state index contributed by atoms with van der Waals surface area (Å²) in [4.78, 5) is 16.4. The van der Waals surface area contributed by atoms with Crippen molar-refractivity contribution < 1.29 is 4.79 Å². The van der Waals surface area contributed by atoms with E-state index in [1.807, 2.05) is 0 Å². The summed E-state index contributed by atoms with van der Waals surface area (Å²) < 4.78 is 0. The topological polar surface area (TPSA) is 45.8 Å². The molecule has 0 saturated carbocycles. The lowest BCUT2D eigenvalue weighted by Gasteiger charge is -1.84. The number of hydrogen-bond donors (Lipinski definition) is 1. The molecule has 1 rings (SSSR count). The maximum Gasteiger partial charge on any atom is 0.236 e. The van der Waals surface area contributed by atoms with E-state index in [4.69, 9.17) is 0 Å². The molecule has 1 heterocycles. The Morgan fingerprint density at radius 2 is 2.67 bits per heavy atom. The smallest absolute Gasteiger partial charge is 0.236 e. The second kappa shape index (κ2) is 2.26. The minimum Gasteiger partial charge on any atom is -0.345 e. The molecule has 0 atom stereocenters. The molecule has 9 heavy (non-hydrogen) atoms. The molecule has 3 nitrogen and oxygen atoms in total. The van der Waals surface area contributed by atoms with E-state index in [0.717, 1.165) is 0 Å². The van der Waals surface area contributed by atoms with Crippen molar-refractivity contribution in [3.63, 3.8) is 0 Å². The highest BCUT2D eigenvalue weighted by molar-refractivity contribution is 6.04. The van der Waals surface area contributed by atoms with Crippen LogP contribution >= 0.6 is 0 Å². The number of rotatable bonds is 2. The van der Waals surface area contributed by atoms with Gasteiger partial charge in [0.2, 0.25) is 6.29 Å². The van der Waals surface area contributed by atoms with E-state index >= 15 is 0 Å². The summed E-state index contributed by atoms with van der Waals surface area (Å²) in [5, 5.41) is 0. The third-order valence-corrected chi connectivity index (χ3v) is 0.907. The van der Waals surface area contributed by atoms with E-state index in [1.165, 1.54) is 0 Å². The first kappa shape index (κ1) is 5.75. The average Bonchev–Trinajstić information content (AvgIpc) is 2.37. The second-order valence-corrected chi connectivity index (χ2v) is 1.52. The predicted octanol–water partition coefficient (Wildman–Crippen LogP) is 0.533. The minimum atomic E-state index is 0.250. The normalized spacial score (nSPS) is 8.89. The highest BCUT2D eigenvalue weighted by Crippen LogP contribution is 1.99. The molecule has 1 N–H and O–H groups in total. The lowest BCUT2D eigenvalue weighted by Crippen LogP contribution is -1.84. The van der Waals surface area contributed by atoms with Gasteiger partial charge < -0.3 is 4.98 Å². The lowest BCUT2D eigenvalue weighted by molar-refractivity contribution is 0.565. The quantitative estimate of drug-likeness (QED) is 0.580. The van der Waals surface area contributed by atoms with Crippen molar-refractivity contribution >= 4 is 11.9 Å². The SMILES string of the molecule is C=C([C]=O)c1ncc[nH]1. The number of nitrogens with one attached hydrogen (secondary N) is 1. The Labute approximate surface area is 52.4 Å². The molecule has 0 aliphatic heterocycles. The monoisotopic (exact) mass is 121 g/mol. The standard InChI is InChI=1S/C6H5N2O/c1-5(4-9)6-7-2-3-8-6/h2-3H,1H2,(H,7,8). The molecule has 0 unspecified atom stereocenters. The molecule has 1 aromatic rings. The van der Waals surface area contributed by atoms with Crippen LogP contribution in [0, 0.1) is 0 Å². The summed E-state index contributed by atoms with van der Waals surface area (Å²) in [6.07, 6.45) is 4.81. The number of nitrogens with zero attached hydrogens (tertiary/aromatic N) is 1. The van der Waals surface area contributed by atoms with Gasteiger partial charge in [0.05, 0.1) is 5.57 Å². The summed E-state index contributed by atoms with van der Waals surface area (Å²) in [6.45, 7) is 3.40. The minimum absolute atomic E-state index is 0.250. The van der Waals surface area contributed by atoms with Crippen LogP contribution in [0.15, 0.2) is 19.0 Å². The maximum absolute atomic E-state index is 9.92. The number of H-pyrrole nitrogens is 1. The molecule has 0 fully saturated rings. The number of aromatic nitrogens is 2. The first-order valence-electron chi connectivity index (χ1n) is 2.41. The van der Waals surface area contributed by atoms with Gasteiger partial charge in [-0.1, -0.05) is 6.58 Å².